The van der Waals surface area contributed by atoms with Crippen LogP contribution in [0.3, 0.4) is 0 Å². The minimum atomic E-state index is -1.04. The maximum absolute atomic E-state index is 12.3. The van der Waals surface area contributed by atoms with Crippen LogP contribution in [-0.4, -0.2) is 37.5 Å². The maximum atomic E-state index is 12.3. The summed E-state index contributed by atoms with van der Waals surface area (Å²) >= 11 is 6.03. The molecular weight excluding hydrogens is 398 g/mol. The molecule has 0 aliphatic carbocycles. The van der Waals surface area contributed by atoms with Gasteiger partial charge in [0.2, 0.25) is 0 Å². The van der Waals surface area contributed by atoms with Crippen molar-refractivity contribution in [3.05, 3.63) is 52.5 Å². The lowest BCUT2D eigenvalue weighted by molar-refractivity contribution is -0.155. The molecule has 8 heteroatoms. The SMILES string of the molecule is COc1cc(C(C)=O)ccc1OCC(=O)O[C@@H](C)C(=O)Nc1cccc(Cl)c1C. The first-order chi connectivity index (χ1) is 13.7. The first kappa shape index (κ1) is 22.2. The van der Waals surface area contributed by atoms with Gasteiger partial charge in [-0.3, -0.25) is 9.59 Å². The van der Waals surface area contributed by atoms with Gasteiger partial charge in [-0.25, -0.2) is 4.79 Å². The van der Waals surface area contributed by atoms with Crippen molar-refractivity contribution in [1.29, 1.82) is 0 Å². The van der Waals surface area contributed by atoms with Crippen LogP contribution < -0.4 is 14.8 Å². The maximum Gasteiger partial charge on any atom is 0.344 e. The van der Waals surface area contributed by atoms with Crippen LogP contribution in [0.2, 0.25) is 5.02 Å². The standard InChI is InChI=1S/C21H22ClNO6/c1-12-16(22)6-5-7-17(12)23-21(26)14(3)29-20(25)11-28-18-9-8-15(13(2)24)10-19(18)27-4/h5-10,14H,11H2,1-4H3,(H,23,26)/t14-/m0/s1. The fourth-order valence-electron chi connectivity index (χ4n) is 2.40. The summed E-state index contributed by atoms with van der Waals surface area (Å²) in [6, 6.07) is 9.74. The molecule has 0 fully saturated rings. The van der Waals surface area contributed by atoms with E-state index in [9.17, 15) is 14.4 Å². The number of methoxy groups -OCH3 is 1. The van der Waals surface area contributed by atoms with Gasteiger partial charge in [0.15, 0.2) is 30.0 Å². The Morgan fingerprint density at radius 3 is 2.52 bits per heavy atom. The third-order valence-electron chi connectivity index (χ3n) is 4.12. The molecule has 2 rings (SSSR count). The summed E-state index contributed by atoms with van der Waals surface area (Å²) in [5.74, 6) is -0.752. The number of hydrogen-bond acceptors (Lipinski definition) is 6. The number of carbonyl (C=O) groups is 3. The summed E-state index contributed by atoms with van der Waals surface area (Å²) in [7, 11) is 1.43. The van der Waals surface area contributed by atoms with Crippen molar-refractivity contribution in [2.24, 2.45) is 0 Å². The molecule has 0 heterocycles. The number of hydrogen-bond donors (Lipinski definition) is 1. The average Bonchev–Trinajstić information content (AvgIpc) is 2.69. The van der Waals surface area contributed by atoms with Crippen molar-refractivity contribution in [1.82, 2.24) is 0 Å². The van der Waals surface area contributed by atoms with Gasteiger partial charge < -0.3 is 19.5 Å². The summed E-state index contributed by atoms with van der Waals surface area (Å²) < 4.78 is 15.7. The fourth-order valence-corrected chi connectivity index (χ4v) is 2.58. The van der Waals surface area contributed by atoms with Gasteiger partial charge in [-0.15, -0.1) is 0 Å². The fraction of sp³-hybridized carbons (Fsp3) is 0.286. The Labute approximate surface area is 173 Å². The molecular formula is C21H22ClNO6. The molecule has 0 saturated carbocycles. The molecule has 0 radical (unpaired) electrons. The van der Waals surface area contributed by atoms with Gasteiger partial charge in [0.05, 0.1) is 7.11 Å². The number of esters is 1. The highest BCUT2D eigenvalue weighted by atomic mass is 35.5. The van der Waals surface area contributed by atoms with Crippen LogP contribution in [0, 0.1) is 6.92 Å². The minimum Gasteiger partial charge on any atom is -0.493 e. The molecule has 0 aliphatic rings. The highest BCUT2D eigenvalue weighted by Crippen LogP contribution is 2.28. The number of halogens is 1. The topological polar surface area (TPSA) is 90.9 Å². The highest BCUT2D eigenvalue weighted by molar-refractivity contribution is 6.31. The Morgan fingerprint density at radius 2 is 1.86 bits per heavy atom. The number of ketones is 1. The van der Waals surface area contributed by atoms with E-state index in [4.69, 9.17) is 25.8 Å². The normalized spacial score (nSPS) is 11.3. The average molecular weight is 420 g/mol. The molecule has 7 nitrogen and oxygen atoms in total. The zero-order valence-electron chi connectivity index (χ0n) is 16.6. The lowest BCUT2D eigenvalue weighted by Gasteiger charge is -2.16. The van der Waals surface area contributed by atoms with E-state index in [0.29, 0.717) is 27.6 Å². The molecule has 2 aromatic rings. The number of amides is 1. The van der Waals surface area contributed by atoms with Crippen LogP contribution in [0.15, 0.2) is 36.4 Å². The summed E-state index contributed by atoms with van der Waals surface area (Å²) in [5.41, 5.74) is 1.71. The van der Waals surface area contributed by atoms with E-state index in [-0.39, 0.29) is 11.5 Å². The Bertz CT molecular complexity index is 927. The van der Waals surface area contributed by atoms with Crippen LogP contribution in [0.5, 0.6) is 11.5 Å². The van der Waals surface area contributed by atoms with Crippen molar-refractivity contribution in [2.75, 3.05) is 19.0 Å². The van der Waals surface area contributed by atoms with E-state index < -0.39 is 24.6 Å². The van der Waals surface area contributed by atoms with E-state index in [1.165, 1.54) is 33.1 Å². The van der Waals surface area contributed by atoms with E-state index in [1.54, 1.807) is 31.2 Å². The number of Topliss-reactive ketones (excluding diaryl/α,β-unsaturated/α-hetero) is 1. The van der Waals surface area contributed by atoms with Crippen LogP contribution in [0.1, 0.15) is 29.8 Å². The van der Waals surface area contributed by atoms with Crippen molar-refractivity contribution in [3.63, 3.8) is 0 Å². The number of rotatable bonds is 8. The zero-order valence-corrected chi connectivity index (χ0v) is 17.3. The first-order valence-corrected chi connectivity index (χ1v) is 9.18. The highest BCUT2D eigenvalue weighted by Gasteiger charge is 2.20. The van der Waals surface area contributed by atoms with Gasteiger partial charge in [-0.1, -0.05) is 17.7 Å². The zero-order chi connectivity index (χ0) is 21.6. The Kier molecular flexibility index (Phi) is 7.61. The molecule has 1 atom stereocenters. The second-order valence-electron chi connectivity index (χ2n) is 6.24. The van der Waals surface area contributed by atoms with Gasteiger partial charge in [-0.2, -0.15) is 0 Å². The molecule has 0 saturated heterocycles. The van der Waals surface area contributed by atoms with Crippen molar-refractivity contribution in [2.45, 2.75) is 26.9 Å². The molecule has 0 bridgehead atoms. The number of anilines is 1. The molecule has 0 aliphatic heterocycles. The summed E-state index contributed by atoms with van der Waals surface area (Å²) in [6.45, 7) is 4.23. The number of nitrogens with one attached hydrogen (secondary N) is 1. The number of carbonyl (C=O) groups excluding carboxylic acids is 3. The van der Waals surface area contributed by atoms with Crippen molar-refractivity contribution in [3.8, 4) is 11.5 Å². The third-order valence-corrected chi connectivity index (χ3v) is 4.53. The van der Waals surface area contributed by atoms with E-state index >= 15 is 0 Å². The number of ether oxygens (including phenoxy) is 3. The number of benzene rings is 2. The second kappa shape index (κ2) is 9.93. The van der Waals surface area contributed by atoms with Gasteiger partial charge in [-0.05, 0) is 56.7 Å². The lowest BCUT2D eigenvalue weighted by Crippen LogP contribution is -2.31. The molecule has 0 spiro atoms. The van der Waals surface area contributed by atoms with E-state index in [1.807, 2.05) is 0 Å². The predicted octanol–water partition coefficient (Wildman–Crippen LogP) is 3.81. The summed E-state index contributed by atoms with van der Waals surface area (Å²) in [5, 5.41) is 3.19. The Balaban J connectivity index is 1.92. The van der Waals surface area contributed by atoms with Crippen molar-refractivity contribution < 1.29 is 28.6 Å². The summed E-state index contributed by atoms with van der Waals surface area (Å²) in [4.78, 5) is 35.7. The molecule has 1 amide bonds. The van der Waals surface area contributed by atoms with Gasteiger partial charge >= 0.3 is 5.97 Å². The molecule has 2 aromatic carbocycles. The van der Waals surface area contributed by atoms with Crippen LogP contribution in [0.25, 0.3) is 0 Å². The van der Waals surface area contributed by atoms with Crippen LogP contribution >= 0.6 is 11.6 Å². The lowest BCUT2D eigenvalue weighted by atomic mass is 10.1. The second-order valence-corrected chi connectivity index (χ2v) is 6.65. The predicted molar refractivity (Wildman–Crippen MR) is 109 cm³/mol. The molecule has 0 aromatic heterocycles. The third kappa shape index (κ3) is 5.96. The largest absolute Gasteiger partial charge is 0.493 e. The van der Waals surface area contributed by atoms with Gasteiger partial charge in [0, 0.05) is 16.3 Å². The Hall–Kier alpha value is -3.06. The first-order valence-electron chi connectivity index (χ1n) is 8.80. The molecule has 154 valence electrons. The molecule has 29 heavy (non-hydrogen) atoms. The summed E-state index contributed by atoms with van der Waals surface area (Å²) in [6.07, 6.45) is -1.04. The molecule has 0 unspecified atom stereocenters. The van der Waals surface area contributed by atoms with Gasteiger partial charge in [0.25, 0.3) is 5.91 Å². The molecule has 1 N–H and O–H groups in total. The smallest absolute Gasteiger partial charge is 0.344 e. The monoisotopic (exact) mass is 419 g/mol. The van der Waals surface area contributed by atoms with Gasteiger partial charge in [0.1, 0.15) is 0 Å². The van der Waals surface area contributed by atoms with Crippen LogP contribution in [-0.2, 0) is 14.3 Å². The van der Waals surface area contributed by atoms with Crippen molar-refractivity contribution >= 4 is 34.9 Å². The van der Waals surface area contributed by atoms with E-state index in [2.05, 4.69) is 5.32 Å². The quantitative estimate of drug-likeness (QED) is 0.516. The van der Waals surface area contributed by atoms with Crippen LogP contribution in [0.4, 0.5) is 5.69 Å². The minimum absolute atomic E-state index is 0.121. The Morgan fingerprint density at radius 1 is 1.14 bits per heavy atom. The van der Waals surface area contributed by atoms with E-state index in [0.717, 1.165) is 0 Å².